The van der Waals surface area contributed by atoms with Crippen LogP contribution in [-0.2, 0) is 20.7 Å². The first-order valence-electron chi connectivity index (χ1n) is 10.5. The quantitative estimate of drug-likeness (QED) is 0.734. The number of ether oxygens (including phenoxy) is 1. The van der Waals surface area contributed by atoms with E-state index in [1.54, 1.807) is 0 Å². The van der Waals surface area contributed by atoms with Gasteiger partial charge in [0.15, 0.2) is 5.72 Å². The number of nitrogens with one attached hydrogen (secondary N) is 1. The normalized spacial score (nSPS) is 27.7. The molecule has 0 radical (unpaired) electrons. The number of hydrogen-bond acceptors (Lipinski definition) is 3. The van der Waals surface area contributed by atoms with Crippen molar-refractivity contribution < 1.29 is 14.3 Å². The van der Waals surface area contributed by atoms with Crippen molar-refractivity contribution in [1.29, 1.82) is 0 Å². The van der Waals surface area contributed by atoms with Crippen LogP contribution in [0, 0.1) is 0 Å². The Kier molecular flexibility index (Phi) is 3.80. The average molecular weight is 401 g/mol. The van der Waals surface area contributed by atoms with E-state index >= 15 is 0 Å². The van der Waals surface area contributed by atoms with E-state index in [4.69, 9.17) is 4.74 Å². The van der Waals surface area contributed by atoms with Crippen LogP contribution in [0.15, 0.2) is 60.8 Å². The standard InChI is InChI=1S/C24H23N3O3/c28-22(12-17-14-25-19-9-5-4-8-18(17)19)26-11-10-24-21(26)13-23(29)27(24)20(15-30-24)16-6-2-1-3-7-16/h1-9,14,20-21,25H,10-13,15H2/t20-,21+,24-/m0/s1. The molecular weight excluding hydrogens is 378 g/mol. The van der Waals surface area contributed by atoms with E-state index in [2.05, 4.69) is 4.98 Å². The van der Waals surface area contributed by atoms with Crippen LogP contribution in [-0.4, -0.2) is 51.5 Å². The van der Waals surface area contributed by atoms with Crippen molar-refractivity contribution in [3.05, 3.63) is 71.9 Å². The van der Waals surface area contributed by atoms with Crippen molar-refractivity contribution in [3.63, 3.8) is 0 Å². The SMILES string of the molecule is O=C(Cc1c[nH]c2ccccc12)N1CC[C@@]23OC[C@@H](c4ccccc4)N2C(=O)C[C@@H]13. The van der Waals surface area contributed by atoms with Crippen LogP contribution in [0.4, 0.5) is 0 Å². The Labute approximate surface area is 174 Å². The van der Waals surface area contributed by atoms with Crippen molar-refractivity contribution in [2.45, 2.75) is 37.1 Å². The highest BCUT2D eigenvalue weighted by molar-refractivity contribution is 5.90. The number of amides is 2. The second-order valence-electron chi connectivity index (χ2n) is 8.44. The van der Waals surface area contributed by atoms with Gasteiger partial charge in [0.1, 0.15) is 0 Å². The summed E-state index contributed by atoms with van der Waals surface area (Å²) in [5, 5.41) is 1.07. The zero-order valence-corrected chi connectivity index (χ0v) is 16.6. The lowest BCUT2D eigenvalue weighted by Gasteiger charge is -2.33. The van der Waals surface area contributed by atoms with E-state index in [0.717, 1.165) is 22.0 Å². The summed E-state index contributed by atoms with van der Waals surface area (Å²) in [6, 6.07) is 17.8. The van der Waals surface area contributed by atoms with Gasteiger partial charge in [0, 0.05) is 30.1 Å². The molecule has 6 rings (SSSR count). The lowest BCUT2D eigenvalue weighted by Crippen LogP contribution is -2.49. The largest absolute Gasteiger partial charge is 0.361 e. The van der Waals surface area contributed by atoms with Gasteiger partial charge in [-0.25, -0.2) is 0 Å². The molecule has 3 fully saturated rings. The molecule has 2 aromatic carbocycles. The van der Waals surface area contributed by atoms with E-state index in [-0.39, 0.29) is 23.9 Å². The summed E-state index contributed by atoms with van der Waals surface area (Å²) >= 11 is 0. The second kappa shape index (κ2) is 6.44. The first kappa shape index (κ1) is 17.7. The number of hydrogen-bond donors (Lipinski definition) is 1. The summed E-state index contributed by atoms with van der Waals surface area (Å²) in [7, 11) is 0. The lowest BCUT2D eigenvalue weighted by atomic mass is 10.0. The molecule has 30 heavy (non-hydrogen) atoms. The monoisotopic (exact) mass is 401 g/mol. The fourth-order valence-electron chi connectivity index (χ4n) is 5.61. The molecule has 1 N–H and O–H groups in total. The third-order valence-electron chi connectivity index (χ3n) is 6.98. The van der Waals surface area contributed by atoms with Gasteiger partial charge in [0.05, 0.1) is 31.5 Å². The van der Waals surface area contributed by atoms with E-state index < -0.39 is 5.72 Å². The maximum atomic E-state index is 13.3. The Morgan fingerprint density at radius 1 is 1.13 bits per heavy atom. The highest BCUT2D eigenvalue weighted by Crippen LogP contribution is 2.51. The minimum Gasteiger partial charge on any atom is -0.361 e. The predicted molar refractivity (Wildman–Crippen MR) is 111 cm³/mol. The summed E-state index contributed by atoms with van der Waals surface area (Å²) in [5.41, 5.74) is 2.44. The molecule has 2 amide bonds. The Morgan fingerprint density at radius 2 is 1.93 bits per heavy atom. The molecule has 3 aliphatic heterocycles. The Hall–Kier alpha value is -3.12. The Morgan fingerprint density at radius 3 is 2.80 bits per heavy atom. The van der Waals surface area contributed by atoms with E-state index in [1.165, 1.54) is 0 Å². The van der Waals surface area contributed by atoms with Gasteiger partial charge in [0.25, 0.3) is 0 Å². The number of aromatic amines is 1. The molecule has 0 unspecified atom stereocenters. The summed E-state index contributed by atoms with van der Waals surface area (Å²) in [6.45, 7) is 1.11. The highest BCUT2D eigenvalue weighted by atomic mass is 16.5. The molecule has 6 heteroatoms. The van der Waals surface area contributed by atoms with E-state index in [9.17, 15) is 9.59 Å². The topological polar surface area (TPSA) is 65.6 Å². The average Bonchev–Trinajstić information content (AvgIpc) is 3.50. The third-order valence-corrected chi connectivity index (χ3v) is 6.98. The van der Waals surface area contributed by atoms with Crippen LogP contribution in [0.25, 0.3) is 10.9 Å². The van der Waals surface area contributed by atoms with Crippen LogP contribution in [0.5, 0.6) is 0 Å². The molecule has 0 aliphatic carbocycles. The molecule has 1 spiro atoms. The number of aromatic nitrogens is 1. The summed E-state index contributed by atoms with van der Waals surface area (Å²) in [6.07, 6.45) is 3.25. The maximum absolute atomic E-state index is 13.3. The van der Waals surface area contributed by atoms with Crippen LogP contribution < -0.4 is 0 Å². The van der Waals surface area contributed by atoms with Gasteiger partial charge in [-0.2, -0.15) is 0 Å². The number of para-hydroxylation sites is 1. The number of benzene rings is 2. The van der Waals surface area contributed by atoms with E-state index in [1.807, 2.05) is 70.6 Å². The number of H-pyrrole nitrogens is 1. The smallest absolute Gasteiger partial charge is 0.227 e. The first-order valence-corrected chi connectivity index (χ1v) is 10.5. The summed E-state index contributed by atoms with van der Waals surface area (Å²) in [5.74, 6) is 0.138. The van der Waals surface area contributed by atoms with Crippen molar-refractivity contribution in [2.75, 3.05) is 13.2 Å². The number of carbonyl (C=O) groups excluding carboxylic acids is 2. The molecule has 0 bridgehead atoms. The van der Waals surface area contributed by atoms with E-state index in [0.29, 0.717) is 32.4 Å². The van der Waals surface area contributed by atoms with Gasteiger partial charge in [0.2, 0.25) is 11.8 Å². The van der Waals surface area contributed by atoms with Crippen molar-refractivity contribution in [1.82, 2.24) is 14.8 Å². The third kappa shape index (κ3) is 2.40. The van der Waals surface area contributed by atoms with Gasteiger partial charge in [-0.05, 0) is 17.2 Å². The Bertz CT molecular complexity index is 1140. The fraction of sp³-hybridized carbons (Fsp3) is 0.333. The van der Waals surface area contributed by atoms with Crippen molar-refractivity contribution in [3.8, 4) is 0 Å². The van der Waals surface area contributed by atoms with Gasteiger partial charge < -0.3 is 19.5 Å². The van der Waals surface area contributed by atoms with Gasteiger partial charge in [-0.15, -0.1) is 0 Å². The first-order chi connectivity index (χ1) is 14.7. The number of carbonyl (C=O) groups is 2. The summed E-state index contributed by atoms with van der Waals surface area (Å²) in [4.78, 5) is 33.3. The summed E-state index contributed by atoms with van der Waals surface area (Å²) < 4.78 is 6.32. The predicted octanol–water partition coefficient (Wildman–Crippen LogP) is 3.01. The van der Waals surface area contributed by atoms with Gasteiger partial charge in [-0.3, -0.25) is 9.59 Å². The molecule has 3 saturated heterocycles. The second-order valence-corrected chi connectivity index (χ2v) is 8.44. The molecule has 3 aliphatic rings. The Balaban J connectivity index is 1.27. The van der Waals surface area contributed by atoms with Gasteiger partial charge in [-0.1, -0.05) is 48.5 Å². The molecule has 1 aromatic heterocycles. The minimum atomic E-state index is -0.673. The zero-order valence-electron chi connectivity index (χ0n) is 16.6. The molecule has 4 heterocycles. The number of likely N-dealkylation sites (tertiary alicyclic amines) is 1. The van der Waals surface area contributed by atoms with Crippen molar-refractivity contribution in [2.24, 2.45) is 0 Å². The van der Waals surface area contributed by atoms with Crippen molar-refractivity contribution >= 4 is 22.7 Å². The lowest BCUT2D eigenvalue weighted by molar-refractivity contribution is -0.141. The number of fused-ring (bicyclic) bond motifs is 1. The number of nitrogens with zero attached hydrogens (tertiary/aromatic N) is 2. The minimum absolute atomic E-state index is 0.0584. The van der Waals surface area contributed by atoms with Crippen LogP contribution in [0.1, 0.15) is 30.0 Å². The zero-order chi connectivity index (χ0) is 20.3. The molecule has 152 valence electrons. The van der Waals surface area contributed by atoms with Gasteiger partial charge >= 0.3 is 0 Å². The molecule has 3 aromatic rings. The van der Waals surface area contributed by atoms with Crippen LogP contribution in [0.3, 0.4) is 0 Å². The fourth-order valence-corrected chi connectivity index (χ4v) is 5.61. The number of rotatable bonds is 3. The van der Waals surface area contributed by atoms with Crippen LogP contribution in [0.2, 0.25) is 0 Å². The molecule has 3 atom stereocenters. The molecular formula is C24H23N3O3. The molecule has 0 saturated carbocycles. The maximum Gasteiger partial charge on any atom is 0.227 e. The highest BCUT2D eigenvalue weighted by Gasteiger charge is 2.65. The van der Waals surface area contributed by atoms with Crippen LogP contribution >= 0.6 is 0 Å². The molecule has 6 nitrogen and oxygen atoms in total.